The first-order valence-corrected chi connectivity index (χ1v) is 12.6. The maximum Gasteiger partial charge on any atom is 0.0700 e. The number of aryl methyl sites for hydroxylation is 1. The van der Waals surface area contributed by atoms with Gasteiger partial charge in [-0.15, -0.1) is 0 Å². The fourth-order valence-corrected chi connectivity index (χ4v) is 5.88. The van der Waals surface area contributed by atoms with Gasteiger partial charge < -0.3 is 9.80 Å². The molecule has 0 aliphatic carbocycles. The minimum Gasteiger partial charge on any atom is -0.378 e. The van der Waals surface area contributed by atoms with Gasteiger partial charge in [-0.1, -0.05) is 72.8 Å². The van der Waals surface area contributed by atoms with Crippen LogP contribution in [0.3, 0.4) is 0 Å². The second-order valence-corrected chi connectivity index (χ2v) is 10.4. The Kier molecular flexibility index (Phi) is 5.96. The molecule has 0 saturated heterocycles. The molecule has 3 nitrogen and oxygen atoms in total. The summed E-state index contributed by atoms with van der Waals surface area (Å²) in [6.07, 6.45) is 2.19. The third-order valence-electron chi connectivity index (χ3n) is 7.88. The van der Waals surface area contributed by atoms with Crippen LogP contribution in [0.5, 0.6) is 0 Å². The van der Waals surface area contributed by atoms with E-state index in [1.165, 1.54) is 39.2 Å². The maximum absolute atomic E-state index is 5.12. The van der Waals surface area contributed by atoms with Gasteiger partial charge in [-0.05, 0) is 65.9 Å². The molecule has 0 bridgehead atoms. The number of fused-ring (bicyclic) bond motifs is 1. The number of anilines is 2. The van der Waals surface area contributed by atoms with E-state index in [9.17, 15) is 0 Å². The van der Waals surface area contributed by atoms with E-state index >= 15 is 0 Å². The standard InChI is InChI=1S/C33H35N3/c1-24-11-10-14-30-31(24)34-23-32(2,25-12-8-7-9-13-25)33(30,26-15-19-28(20-16-26)35(3)4)27-17-21-29(22-18-27)36(5)6/h7-23H,1-6H3. The van der Waals surface area contributed by atoms with Crippen LogP contribution in [0.25, 0.3) is 0 Å². The molecule has 1 atom stereocenters. The molecule has 1 heterocycles. The van der Waals surface area contributed by atoms with Gasteiger partial charge in [0.1, 0.15) is 0 Å². The molecule has 4 aromatic carbocycles. The van der Waals surface area contributed by atoms with Gasteiger partial charge in [-0.25, -0.2) is 0 Å². The van der Waals surface area contributed by atoms with Gasteiger partial charge in [0, 0.05) is 51.2 Å². The summed E-state index contributed by atoms with van der Waals surface area (Å²) in [5.41, 5.74) is 8.74. The molecule has 36 heavy (non-hydrogen) atoms. The van der Waals surface area contributed by atoms with Crippen molar-refractivity contribution in [3.05, 3.63) is 125 Å². The lowest BCUT2D eigenvalue weighted by atomic mass is 9.51. The molecule has 3 heteroatoms. The van der Waals surface area contributed by atoms with Crippen LogP contribution in [0.1, 0.15) is 34.7 Å². The largest absolute Gasteiger partial charge is 0.378 e. The number of aliphatic imine (C=N–C) groups is 1. The molecule has 0 spiro atoms. The summed E-state index contributed by atoms with van der Waals surface area (Å²) < 4.78 is 0. The smallest absolute Gasteiger partial charge is 0.0700 e. The minimum atomic E-state index is -0.479. The topological polar surface area (TPSA) is 18.8 Å². The van der Waals surface area contributed by atoms with Crippen LogP contribution in [-0.2, 0) is 10.8 Å². The zero-order chi connectivity index (χ0) is 25.5. The highest BCUT2D eigenvalue weighted by atomic mass is 15.1. The van der Waals surface area contributed by atoms with Crippen LogP contribution >= 0.6 is 0 Å². The van der Waals surface area contributed by atoms with Gasteiger partial charge in [0.15, 0.2) is 0 Å². The van der Waals surface area contributed by atoms with Gasteiger partial charge in [-0.3, -0.25) is 4.99 Å². The molecular formula is C33H35N3. The van der Waals surface area contributed by atoms with Crippen molar-refractivity contribution < 1.29 is 0 Å². The first-order chi connectivity index (χ1) is 17.3. The highest BCUT2D eigenvalue weighted by Crippen LogP contribution is 2.57. The first-order valence-electron chi connectivity index (χ1n) is 12.6. The Labute approximate surface area is 215 Å². The minimum absolute atomic E-state index is 0.422. The van der Waals surface area contributed by atoms with Gasteiger partial charge in [0.05, 0.1) is 11.1 Å². The molecule has 1 aliphatic rings. The van der Waals surface area contributed by atoms with E-state index in [0.29, 0.717) is 0 Å². The molecule has 0 aromatic heterocycles. The molecule has 0 N–H and O–H groups in total. The second-order valence-electron chi connectivity index (χ2n) is 10.4. The number of hydrogen-bond acceptors (Lipinski definition) is 3. The maximum atomic E-state index is 5.12. The van der Waals surface area contributed by atoms with Gasteiger partial charge >= 0.3 is 0 Å². The van der Waals surface area contributed by atoms with Crippen molar-refractivity contribution in [2.75, 3.05) is 38.0 Å². The summed E-state index contributed by atoms with van der Waals surface area (Å²) in [7, 11) is 8.35. The molecule has 0 saturated carbocycles. The predicted octanol–water partition coefficient (Wildman–Crippen LogP) is 7.14. The van der Waals surface area contributed by atoms with Crippen LogP contribution in [0.15, 0.2) is 102 Å². The average Bonchev–Trinajstić information content (AvgIpc) is 2.89. The van der Waals surface area contributed by atoms with Crippen LogP contribution in [0, 0.1) is 6.92 Å². The van der Waals surface area contributed by atoms with Crippen molar-refractivity contribution in [2.24, 2.45) is 4.99 Å². The average molecular weight is 474 g/mol. The van der Waals surface area contributed by atoms with E-state index in [0.717, 1.165) is 5.69 Å². The number of hydrogen-bond donors (Lipinski definition) is 0. The zero-order valence-corrected chi connectivity index (χ0v) is 22.2. The third kappa shape index (κ3) is 3.53. The van der Waals surface area contributed by atoms with E-state index in [-0.39, 0.29) is 0 Å². The molecule has 182 valence electrons. The number of rotatable bonds is 5. The molecule has 0 fully saturated rings. The quantitative estimate of drug-likeness (QED) is 0.307. The van der Waals surface area contributed by atoms with Gasteiger partial charge in [-0.2, -0.15) is 0 Å². The summed E-state index contributed by atoms with van der Waals surface area (Å²) in [6, 6.07) is 35.6. The second kappa shape index (κ2) is 8.98. The Morgan fingerprint density at radius 3 is 1.61 bits per heavy atom. The third-order valence-corrected chi connectivity index (χ3v) is 7.88. The summed E-state index contributed by atoms with van der Waals surface area (Å²) in [5.74, 6) is 0. The summed E-state index contributed by atoms with van der Waals surface area (Å²) in [4.78, 5) is 9.42. The number of para-hydroxylation sites is 1. The zero-order valence-electron chi connectivity index (χ0n) is 22.2. The number of nitrogens with zero attached hydrogens (tertiary/aromatic N) is 3. The van der Waals surface area contributed by atoms with Crippen molar-refractivity contribution in [3.63, 3.8) is 0 Å². The van der Waals surface area contributed by atoms with E-state index in [4.69, 9.17) is 4.99 Å². The predicted molar refractivity (Wildman–Crippen MR) is 155 cm³/mol. The first kappa shape index (κ1) is 23.9. The SMILES string of the molecule is Cc1cccc2c1N=CC(C)(c1ccccc1)C2(c1ccc(N(C)C)cc1)c1ccc(N(C)C)cc1. The Hall–Kier alpha value is -3.85. The van der Waals surface area contributed by atoms with E-state index in [2.05, 4.69) is 155 Å². The molecular weight excluding hydrogens is 438 g/mol. The molecule has 1 aliphatic heterocycles. The van der Waals surface area contributed by atoms with Crippen molar-refractivity contribution in [3.8, 4) is 0 Å². The van der Waals surface area contributed by atoms with Crippen molar-refractivity contribution in [1.82, 2.24) is 0 Å². The Balaban J connectivity index is 1.92. The van der Waals surface area contributed by atoms with Crippen molar-refractivity contribution in [1.29, 1.82) is 0 Å². The van der Waals surface area contributed by atoms with Gasteiger partial charge in [0.25, 0.3) is 0 Å². The van der Waals surface area contributed by atoms with E-state index in [1.807, 2.05) is 0 Å². The molecule has 1 unspecified atom stereocenters. The number of benzene rings is 4. The van der Waals surface area contributed by atoms with E-state index in [1.54, 1.807) is 0 Å². The van der Waals surface area contributed by atoms with Crippen LogP contribution in [0.4, 0.5) is 17.1 Å². The van der Waals surface area contributed by atoms with Crippen LogP contribution < -0.4 is 9.80 Å². The molecule has 0 radical (unpaired) electrons. The molecule has 4 aromatic rings. The summed E-state index contributed by atoms with van der Waals surface area (Å²) in [6.45, 7) is 4.51. The lowest BCUT2D eigenvalue weighted by molar-refractivity contribution is 0.433. The highest BCUT2D eigenvalue weighted by Gasteiger charge is 2.55. The lowest BCUT2D eigenvalue weighted by Crippen LogP contribution is -2.52. The van der Waals surface area contributed by atoms with Gasteiger partial charge in [0.2, 0.25) is 0 Å². The monoisotopic (exact) mass is 473 g/mol. The summed E-state index contributed by atoms with van der Waals surface area (Å²) >= 11 is 0. The highest BCUT2D eigenvalue weighted by molar-refractivity contribution is 5.88. The van der Waals surface area contributed by atoms with Crippen LogP contribution in [0.2, 0.25) is 0 Å². The van der Waals surface area contributed by atoms with Crippen molar-refractivity contribution in [2.45, 2.75) is 24.7 Å². The Morgan fingerprint density at radius 1 is 0.583 bits per heavy atom. The fraction of sp³-hybridized carbons (Fsp3) is 0.242. The Morgan fingerprint density at radius 2 is 1.11 bits per heavy atom. The lowest BCUT2D eigenvalue weighted by Gasteiger charge is -2.51. The normalized spacial score (nSPS) is 17.9. The molecule has 0 amide bonds. The summed E-state index contributed by atoms with van der Waals surface area (Å²) in [5, 5.41) is 0. The Bertz CT molecular complexity index is 1330. The fourth-order valence-electron chi connectivity index (χ4n) is 5.88. The van der Waals surface area contributed by atoms with Crippen molar-refractivity contribution >= 4 is 23.3 Å². The van der Waals surface area contributed by atoms with E-state index < -0.39 is 10.8 Å². The van der Waals surface area contributed by atoms with Crippen LogP contribution in [-0.4, -0.2) is 34.4 Å². The molecule has 5 rings (SSSR count).